The van der Waals surface area contributed by atoms with E-state index in [4.69, 9.17) is 0 Å². The zero-order valence-corrected chi connectivity index (χ0v) is 7.84. The van der Waals surface area contributed by atoms with Gasteiger partial charge in [-0.25, -0.2) is 0 Å². The maximum Gasteiger partial charge on any atom is 0.123 e. The Morgan fingerprint density at radius 2 is 2.00 bits per heavy atom. The third kappa shape index (κ3) is 1.86. The summed E-state index contributed by atoms with van der Waals surface area (Å²) in [6.07, 6.45) is 0. The lowest BCUT2D eigenvalue weighted by Crippen LogP contribution is -1.78. The minimum atomic E-state index is 0.181. The molecule has 0 saturated heterocycles. The van der Waals surface area contributed by atoms with Gasteiger partial charge in [-0.3, -0.25) is 0 Å². The van der Waals surface area contributed by atoms with Gasteiger partial charge in [-0.1, -0.05) is 30.3 Å². The van der Waals surface area contributed by atoms with Gasteiger partial charge < -0.3 is 5.11 Å². The summed E-state index contributed by atoms with van der Waals surface area (Å²) in [5, 5.41) is 12.4. The fraction of sp³-hybridized carbons (Fsp3) is 0. The largest absolute Gasteiger partial charge is 0.507 e. The maximum absolute atomic E-state index is 10.3. The van der Waals surface area contributed by atoms with Crippen molar-refractivity contribution >= 4 is 5.69 Å². The van der Waals surface area contributed by atoms with Crippen LogP contribution in [0, 0.1) is 11.0 Å². The Bertz CT molecular complexity index is 494. The van der Waals surface area contributed by atoms with E-state index in [1.165, 1.54) is 0 Å². The number of benzene rings is 2. The third-order valence-electron chi connectivity index (χ3n) is 2.10. The molecule has 73 valence electrons. The molecule has 3 nitrogen and oxygen atoms in total. The second-order valence-corrected chi connectivity index (χ2v) is 3.07. The van der Waals surface area contributed by atoms with Gasteiger partial charge in [0.25, 0.3) is 0 Å². The second-order valence-electron chi connectivity index (χ2n) is 3.07. The van der Waals surface area contributed by atoms with Crippen molar-refractivity contribution in [3.63, 3.8) is 0 Å². The van der Waals surface area contributed by atoms with E-state index in [0.717, 1.165) is 5.56 Å². The summed E-state index contributed by atoms with van der Waals surface area (Å²) in [6.45, 7) is 0. The lowest BCUT2D eigenvalue weighted by molar-refractivity contribution is 0.477. The number of aromatic hydroxyl groups is 1. The quantitative estimate of drug-likeness (QED) is 0.753. The Morgan fingerprint density at radius 1 is 1.20 bits per heavy atom. The van der Waals surface area contributed by atoms with E-state index in [-0.39, 0.29) is 11.4 Å². The molecule has 2 aromatic carbocycles. The average Bonchev–Trinajstić information content (AvgIpc) is 2.30. The molecule has 0 aliphatic heterocycles. The van der Waals surface area contributed by atoms with Crippen LogP contribution in [-0.4, -0.2) is 5.11 Å². The summed E-state index contributed by atoms with van der Waals surface area (Å²) < 4.78 is 0. The number of phenols is 1. The Hall–Kier alpha value is -2.16. The first-order chi connectivity index (χ1) is 7.31. The Labute approximate surface area is 87.0 Å². The normalized spacial score (nSPS) is 9.87. The molecule has 2 rings (SSSR count). The van der Waals surface area contributed by atoms with Crippen LogP contribution in [0.25, 0.3) is 11.1 Å². The molecule has 0 amide bonds. The molecule has 1 radical (unpaired) electrons. The molecule has 0 saturated carbocycles. The van der Waals surface area contributed by atoms with Crippen LogP contribution < -0.4 is 0 Å². The number of hydrogen-bond donors (Lipinski definition) is 1. The third-order valence-corrected chi connectivity index (χ3v) is 2.10. The molecular weight excluding hydrogens is 190 g/mol. The molecule has 1 N–H and O–H groups in total. The van der Waals surface area contributed by atoms with Crippen LogP contribution in [-0.2, 0) is 0 Å². The highest BCUT2D eigenvalue weighted by atomic mass is 16.3. The predicted octanol–water partition coefficient (Wildman–Crippen LogP) is 3.26. The van der Waals surface area contributed by atoms with Crippen molar-refractivity contribution < 1.29 is 5.11 Å². The van der Waals surface area contributed by atoms with Crippen molar-refractivity contribution in [2.24, 2.45) is 5.18 Å². The van der Waals surface area contributed by atoms with E-state index in [1.54, 1.807) is 36.4 Å². The van der Waals surface area contributed by atoms with Crippen molar-refractivity contribution in [3.05, 3.63) is 53.4 Å². The summed E-state index contributed by atoms with van der Waals surface area (Å²) in [5.41, 5.74) is 1.66. The van der Waals surface area contributed by atoms with Crippen molar-refractivity contribution in [2.45, 2.75) is 0 Å². The standard InChI is InChI=1S/C12H8NO2/c14-12-7-2-1-6-11(12)9-4-3-5-10(8-9)13-15/h1-4,6-8,14H. The highest BCUT2D eigenvalue weighted by Gasteiger charge is 2.03. The van der Waals surface area contributed by atoms with Crippen LogP contribution in [0.15, 0.2) is 47.6 Å². The average molecular weight is 198 g/mol. The minimum absolute atomic E-state index is 0.181. The molecule has 0 aliphatic carbocycles. The Kier molecular flexibility index (Phi) is 2.46. The zero-order valence-electron chi connectivity index (χ0n) is 7.84. The van der Waals surface area contributed by atoms with E-state index >= 15 is 0 Å². The minimum Gasteiger partial charge on any atom is -0.507 e. The lowest BCUT2D eigenvalue weighted by Gasteiger charge is -2.03. The molecule has 3 heteroatoms. The monoisotopic (exact) mass is 198 g/mol. The smallest absolute Gasteiger partial charge is 0.123 e. The fourth-order valence-corrected chi connectivity index (χ4v) is 1.39. The number of nitrogens with zero attached hydrogens (tertiary/aromatic N) is 1. The van der Waals surface area contributed by atoms with Gasteiger partial charge in [0.2, 0.25) is 0 Å². The molecule has 0 bridgehead atoms. The van der Waals surface area contributed by atoms with Gasteiger partial charge in [-0.05, 0) is 22.9 Å². The number of rotatable bonds is 2. The summed E-state index contributed by atoms with van der Waals surface area (Å²) in [6, 6.07) is 14.6. The second kappa shape index (κ2) is 3.92. The van der Waals surface area contributed by atoms with Gasteiger partial charge in [-0.2, -0.15) is 0 Å². The predicted molar refractivity (Wildman–Crippen MR) is 57.8 cm³/mol. The molecule has 0 spiro atoms. The van der Waals surface area contributed by atoms with Gasteiger partial charge >= 0.3 is 0 Å². The number of hydrogen-bond acceptors (Lipinski definition) is 3. The number of phenolic OH excluding ortho intramolecular Hbond substituents is 1. The van der Waals surface area contributed by atoms with E-state index in [2.05, 4.69) is 11.2 Å². The van der Waals surface area contributed by atoms with Crippen LogP contribution in [0.1, 0.15) is 0 Å². The summed E-state index contributed by atoms with van der Waals surface area (Å²) in [7, 11) is 0. The number of para-hydroxylation sites is 1. The van der Waals surface area contributed by atoms with Crippen molar-refractivity contribution in [1.29, 1.82) is 0 Å². The zero-order chi connectivity index (χ0) is 10.7. The highest BCUT2D eigenvalue weighted by molar-refractivity contribution is 5.72. The van der Waals surface area contributed by atoms with E-state index < -0.39 is 0 Å². The van der Waals surface area contributed by atoms with Gasteiger partial charge in [-0.15, -0.1) is 4.91 Å². The molecule has 0 unspecified atom stereocenters. The van der Waals surface area contributed by atoms with Crippen molar-refractivity contribution in [1.82, 2.24) is 0 Å². The summed E-state index contributed by atoms with van der Waals surface area (Å²) in [5.74, 6) is 0.181. The van der Waals surface area contributed by atoms with Crippen LogP contribution in [0.2, 0.25) is 0 Å². The molecular formula is C12H8NO2. The number of nitroso groups, excluding NO2 is 1. The van der Waals surface area contributed by atoms with E-state index in [9.17, 15) is 10.0 Å². The summed E-state index contributed by atoms with van der Waals surface area (Å²) in [4.78, 5) is 10.3. The first kappa shape index (κ1) is 9.40. The molecule has 0 heterocycles. The van der Waals surface area contributed by atoms with Gasteiger partial charge in [0, 0.05) is 11.6 Å². The van der Waals surface area contributed by atoms with Crippen molar-refractivity contribution in [3.8, 4) is 16.9 Å². The van der Waals surface area contributed by atoms with Crippen LogP contribution in [0.4, 0.5) is 5.69 Å². The fourth-order valence-electron chi connectivity index (χ4n) is 1.39. The molecule has 2 aromatic rings. The first-order valence-electron chi connectivity index (χ1n) is 4.45. The molecule has 0 fully saturated rings. The molecule has 0 aliphatic rings. The van der Waals surface area contributed by atoms with Gasteiger partial charge in [0.15, 0.2) is 0 Å². The summed E-state index contributed by atoms with van der Waals surface area (Å²) >= 11 is 0. The Balaban J connectivity index is 2.54. The Morgan fingerprint density at radius 3 is 2.73 bits per heavy atom. The first-order valence-corrected chi connectivity index (χ1v) is 4.45. The molecule has 0 atom stereocenters. The topological polar surface area (TPSA) is 49.7 Å². The lowest BCUT2D eigenvalue weighted by atomic mass is 10.0. The molecule has 0 aromatic heterocycles. The van der Waals surface area contributed by atoms with Crippen molar-refractivity contribution in [2.75, 3.05) is 0 Å². The van der Waals surface area contributed by atoms with Crippen LogP contribution >= 0.6 is 0 Å². The van der Waals surface area contributed by atoms with Crippen LogP contribution in [0.3, 0.4) is 0 Å². The molecule has 15 heavy (non-hydrogen) atoms. The van der Waals surface area contributed by atoms with E-state index in [0.29, 0.717) is 5.56 Å². The van der Waals surface area contributed by atoms with Gasteiger partial charge in [0.05, 0.1) is 0 Å². The maximum atomic E-state index is 10.3. The highest BCUT2D eigenvalue weighted by Crippen LogP contribution is 2.30. The van der Waals surface area contributed by atoms with Crippen LogP contribution in [0.5, 0.6) is 5.75 Å². The SMILES string of the molecule is O=Nc1[c]ccc(-c2ccccc2O)c1. The van der Waals surface area contributed by atoms with Gasteiger partial charge in [0.1, 0.15) is 11.4 Å². The van der Waals surface area contributed by atoms with E-state index in [1.807, 2.05) is 6.07 Å².